The summed E-state index contributed by atoms with van der Waals surface area (Å²) in [7, 11) is 1.56. The van der Waals surface area contributed by atoms with E-state index in [0.29, 0.717) is 11.4 Å². The molecule has 0 radical (unpaired) electrons. The van der Waals surface area contributed by atoms with Crippen molar-refractivity contribution < 1.29 is 14.3 Å². The number of allylic oxidation sites excluding steroid dienone is 2. The van der Waals surface area contributed by atoms with Crippen LogP contribution in [-0.2, 0) is 9.59 Å². The number of amides is 2. The fourth-order valence-electron chi connectivity index (χ4n) is 4.13. The number of hydrogen-bond donors (Lipinski definition) is 0. The molecule has 21 heavy (non-hydrogen) atoms. The number of nitrogens with zero attached hydrogens (tertiary/aromatic N) is 1. The lowest BCUT2D eigenvalue weighted by Crippen LogP contribution is -2.38. The van der Waals surface area contributed by atoms with Crippen molar-refractivity contribution in [3.05, 3.63) is 36.4 Å². The maximum atomic E-state index is 12.8. The van der Waals surface area contributed by atoms with Gasteiger partial charge in [0.05, 0.1) is 24.6 Å². The van der Waals surface area contributed by atoms with Crippen LogP contribution in [0.25, 0.3) is 0 Å². The van der Waals surface area contributed by atoms with E-state index < -0.39 is 0 Å². The molecule has 1 saturated carbocycles. The summed E-state index contributed by atoms with van der Waals surface area (Å²) in [6.45, 7) is 0. The Hall–Kier alpha value is -2.10. The first-order chi connectivity index (χ1) is 10.2. The first-order valence-corrected chi connectivity index (χ1v) is 7.41. The van der Waals surface area contributed by atoms with Gasteiger partial charge in [0.2, 0.25) is 11.8 Å². The van der Waals surface area contributed by atoms with Crippen molar-refractivity contribution in [2.24, 2.45) is 23.7 Å². The van der Waals surface area contributed by atoms with E-state index in [4.69, 9.17) is 4.74 Å². The summed E-state index contributed by atoms with van der Waals surface area (Å²) in [5.41, 5.74) is 0.573. The maximum absolute atomic E-state index is 12.8. The van der Waals surface area contributed by atoms with Crippen LogP contribution in [0.4, 0.5) is 5.69 Å². The smallest absolute Gasteiger partial charge is 0.238 e. The van der Waals surface area contributed by atoms with E-state index in [-0.39, 0.29) is 35.5 Å². The number of fused-ring (bicyclic) bond motifs is 1. The van der Waals surface area contributed by atoms with Gasteiger partial charge in [0, 0.05) is 0 Å². The van der Waals surface area contributed by atoms with Gasteiger partial charge in [0.15, 0.2) is 0 Å². The predicted molar refractivity (Wildman–Crippen MR) is 77.8 cm³/mol. The molecule has 0 unspecified atom stereocenters. The molecule has 1 aliphatic heterocycles. The van der Waals surface area contributed by atoms with Gasteiger partial charge in [-0.1, -0.05) is 24.3 Å². The molecule has 1 heterocycles. The molecule has 4 aliphatic rings. The van der Waals surface area contributed by atoms with Crippen LogP contribution in [-0.4, -0.2) is 18.9 Å². The van der Waals surface area contributed by atoms with Crippen molar-refractivity contribution in [3.8, 4) is 5.75 Å². The first kappa shape index (κ1) is 12.6. The highest BCUT2D eigenvalue weighted by molar-refractivity contribution is 6.23. The second kappa shape index (κ2) is 4.45. The lowest BCUT2D eigenvalue weighted by Gasteiger charge is -2.38. The molecular formula is C17H17NO3. The molecular weight excluding hydrogens is 266 g/mol. The number of benzene rings is 1. The first-order valence-electron chi connectivity index (χ1n) is 7.41. The second-order valence-electron chi connectivity index (χ2n) is 6.03. The van der Waals surface area contributed by atoms with Crippen molar-refractivity contribution in [1.29, 1.82) is 0 Å². The molecule has 2 bridgehead atoms. The Kier molecular flexibility index (Phi) is 2.67. The number of para-hydroxylation sites is 2. The van der Waals surface area contributed by atoms with Gasteiger partial charge < -0.3 is 4.74 Å². The quantitative estimate of drug-likeness (QED) is 0.618. The predicted octanol–water partition coefficient (Wildman–Crippen LogP) is 2.40. The topological polar surface area (TPSA) is 46.6 Å². The SMILES string of the molecule is COc1ccccc1N1C(=O)[C@@H]2[C@@H](C1=O)[C@H]1C=C[C@H]2CC1. The lowest BCUT2D eigenvalue weighted by molar-refractivity contribution is -0.124. The zero-order valence-electron chi connectivity index (χ0n) is 11.9. The van der Waals surface area contributed by atoms with E-state index >= 15 is 0 Å². The molecule has 2 amide bonds. The van der Waals surface area contributed by atoms with Gasteiger partial charge in [-0.05, 0) is 36.8 Å². The number of methoxy groups -OCH3 is 1. The van der Waals surface area contributed by atoms with Gasteiger partial charge in [0.25, 0.3) is 0 Å². The summed E-state index contributed by atoms with van der Waals surface area (Å²) in [6.07, 6.45) is 6.29. The standard InChI is InChI=1S/C17H17NO3/c1-21-13-5-3-2-4-12(13)18-16(19)14-10-6-7-11(9-8-10)15(14)17(18)20/h2-7,10-11,14-15H,8-9H2,1H3/t10-,11-,14-,15-/m0/s1. The second-order valence-corrected chi connectivity index (χ2v) is 6.03. The number of rotatable bonds is 2. The van der Waals surface area contributed by atoms with E-state index in [0.717, 1.165) is 12.8 Å². The van der Waals surface area contributed by atoms with Crippen LogP contribution in [0.5, 0.6) is 5.75 Å². The zero-order valence-corrected chi connectivity index (χ0v) is 11.9. The van der Waals surface area contributed by atoms with E-state index in [1.54, 1.807) is 19.2 Å². The Morgan fingerprint density at radius 2 is 1.57 bits per heavy atom. The highest BCUT2D eigenvalue weighted by Crippen LogP contribution is 2.51. The monoisotopic (exact) mass is 283 g/mol. The minimum absolute atomic E-state index is 0.0615. The molecule has 2 fully saturated rings. The van der Waals surface area contributed by atoms with Gasteiger partial charge in [-0.25, -0.2) is 4.90 Å². The third-order valence-electron chi connectivity index (χ3n) is 5.09. The number of carbonyl (C=O) groups excluding carboxylic acids is 2. The normalized spacial score (nSPS) is 33.5. The molecule has 1 aromatic rings. The molecule has 1 saturated heterocycles. The summed E-state index contributed by atoms with van der Waals surface area (Å²) in [4.78, 5) is 27.0. The van der Waals surface area contributed by atoms with Crippen LogP contribution in [0, 0.1) is 23.7 Å². The fraction of sp³-hybridized carbons (Fsp3) is 0.412. The highest BCUT2D eigenvalue weighted by atomic mass is 16.5. The third kappa shape index (κ3) is 1.62. The summed E-state index contributed by atoms with van der Waals surface area (Å²) in [6, 6.07) is 7.23. The summed E-state index contributed by atoms with van der Waals surface area (Å²) < 4.78 is 5.32. The zero-order chi connectivity index (χ0) is 14.6. The van der Waals surface area contributed by atoms with Gasteiger partial charge in [0.1, 0.15) is 5.75 Å². The number of carbonyl (C=O) groups is 2. The molecule has 108 valence electrons. The molecule has 0 N–H and O–H groups in total. The van der Waals surface area contributed by atoms with Gasteiger partial charge in [-0.15, -0.1) is 0 Å². The maximum Gasteiger partial charge on any atom is 0.238 e. The Labute approximate surface area is 123 Å². The average Bonchev–Trinajstić information content (AvgIpc) is 2.82. The number of anilines is 1. The summed E-state index contributed by atoms with van der Waals surface area (Å²) >= 11 is 0. The van der Waals surface area contributed by atoms with Crippen molar-refractivity contribution in [2.45, 2.75) is 12.8 Å². The number of hydrogen-bond acceptors (Lipinski definition) is 3. The van der Waals surface area contributed by atoms with Crippen LogP contribution < -0.4 is 9.64 Å². The third-order valence-corrected chi connectivity index (χ3v) is 5.09. The van der Waals surface area contributed by atoms with Gasteiger partial charge >= 0.3 is 0 Å². The van der Waals surface area contributed by atoms with Crippen LogP contribution in [0.3, 0.4) is 0 Å². The van der Waals surface area contributed by atoms with Gasteiger partial charge in [-0.3, -0.25) is 9.59 Å². The van der Waals surface area contributed by atoms with E-state index in [1.165, 1.54) is 4.90 Å². The minimum atomic E-state index is -0.175. The van der Waals surface area contributed by atoms with E-state index in [1.807, 2.05) is 12.1 Å². The van der Waals surface area contributed by atoms with Crippen LogP contribution in [0.2, 0.25) is 0 Å². The number of ether oxygens (including phenoxy) is 1. The van der Waals surface area contributed by atoms with Crippen LogP contribution >= 0.6 is 0 Å². The summed E-state index contributed by atoms with van der Waals surface area (Å²) in [5.74, 6) is 0.532. The Morgan fingerprint density at radius 1 is 1.00 bits per heavy atom. The molecule has 1 aromatic carbocycles. The molecule has 3 aliphatic carbocycles. The van der Waals surface area contributed by atoms with Crippen molar-refractivity contribution in [1.82, 2.24) is 0 Å². The van der Waals surface area contributed by atoms with E-state index in [9.17, 15) is 9.59 Å². The Bertz CT molecular complexity index is 619. The Morgan fingerprint density at radius 3 is 2.10 bits per heavy atom. The molecule has 4 heteroatoms. The molecule has 0 spiro atoms. The largest absolute Gasteiger partial charge is 0.495 e. The molecule has 4 atom stereocenters. The minimum Gasteiger partial charge on any atom is -0.495 e. The van der Waals surface area contributed by atoms with E-state index in [2.05, 4.69) is 12.2 Å². The van der Waals surface area contributed by atoms with Gasteiger partial charge in [-0.2, -0.15) is 0 Å². The van der Waals surface area contributed by atoms with Crippen molar-refractivity contribution in [3.63, 3.8) is 0 Å². The summed E-state index contributed by atoms with van der Waals surface area (Å²) in [5, 5.41) is 0. The highest BCUT2D eigenvalue weighted by Gasteiger charge is 2.57. The van der Waals surface area contributed by atoms with Crippen molar-refractivity contribution >= 4 is 17.5 Å². The Balaban J connectivity index is 1.79. The molecule has 4 nitrogen and oxygen atoms in total. The number of imide groups is 1. The molecule has 0 aromatic heterocycles. The fourth-order valence-corrected chi connectivity index (χ4v) is 4.13. The molecule has 5 rings (SSSR count). The van der Waals surface area contributed by atoms with Crippen LogP contribution in [0.15, 0.2) is 36.4 Å². The lowest BCUT2D eigenvalue weighted by atomic mass is 9.63. The average molecular weight is 283 g/mol. The van der Waals surface area contributed by atoms with Crippen LogP contribution in [0.1, 0.15) is 12.8 Å². The van der Waals surface area contributed by atoms with Crippen molar-refractivity contribution in [2.75, 3.05) is 12.0 Å².